The van der Waals surface area contributed by atoms with Gasteiger partial charge in [0.05, 0.1) is 34.4 Å². The molecular weight excluding hydrogens is 567 g/mol. The third-order valence-electron chi connectivity index (χ3n) is 7.21. The van der Waals surface area contributed by atoms with Crippen LogP contribution in [0.2, 0.25) is 0 Å². The molecule has 0 spiro atoms. The molecule has 246 valence electrons. The van der Waals surface area contributed by atoms with Crippen molar-refractivity contribution in [2.24, 2.45) is 0 Å². The molecular formula is C33H57N2O7P. The van der Waals surface area contributed by atoms with Crippen LogP contribution in [0.25, 0.3) is 11.3 Å². The second-order valence-electron chi connectivity index (χ2n) is 12.4. The average molecular weight is 625 g/mol. The lowest BCUT2D eigenvalue weighted by atomic mass is 10.0. The smallest absolute Gasteiger partial charge is 0.268 e. The molecule has 2 unspecified atom stereocenters. The second-order valence-corrected chi connectivity index (χ2v) is 13.8. The molecule has 2 rings (SSSR count). The average Bonchev–Trinajstić information content (AvgIpc) is 3.44. The zero-order chi connectivity index (χ0) is 31.2. The summed E-state index contributed by atoms with van der Waals surface area (Å²) in [5.74, 6) is 0.788. The largest absolute Gasteiger partial charge is 0.756 e. The molecule has 2 aromatic rings. The summed E-state index contributed by atoms with van der Waals surface area (Å²) < 4.78 is 40.3. The zero-order valence-electron chi connectivity index (χ0n) is 27.2. The SMILES string of the molecule is CCCCCCCCCCCCCCCCOCC(COP(=O)([O-])OCC[N+](C)(C)C)Oc1cc(-c2ccccc2)on1. The Morgan fingerprint density at radius 1 is 0.814 bits per heavy atom. The quantitative estimate of drug-likeness (QED) is 0.0564. The van der Waals surface area contributed by atoms with Crippen LogP contribution in [0.3, 0.4) is 0 Å². The van der Waals surface area contributed by atoms with Crippen molar-refractivity contribution in [1.82, 2.24) is 5.16 Å². The van der Waals surface area contributed by atoms with Gasteiger partial charge in [-0.15, -0.1) is 0 Å². The number of hydrogen-bond donors (Lipinski definition) is 0. The summed E-state index contributed by atoms with van der Waals surface area (Å²) in [6.45, 7) is 3.30. The number of phosphoric acid groups is 1. The molecule has 0 N–H and O–H groups in total. The van der Waals surface area contributed by atoms with E-state index in [1.54, 1.807) is 6.07 Å². The highest BCUT2D eigenvalue weighted by Crippen LogP contribution is 2.38. The van der Waals surface area contributed by atoms with Gasteiger partial charge in [0.25, 0.3) is 13.7 Å². The van der Waals surface area contributed by atoms with E-state index in [0.717, 1.165) is 18.4 Å². The van der Waals surface area contributed by atoms with Crippen LogP contribution < -0.4 is 9.63 Å². The topological polar surface area (TPSA) is 103 Å². The van der Waals surface area contributed by atoms with E-state index in [2.05, 4.69) is 12.1 Å². The van der Waals surface area contributed by atoms with Crippen LogP contribution >= 0.6 is 7.82 Å². The zero-order valence-corrected chi connectivity index (χ0v) is 28.1. The number of aromatic nitrogens is 1. The highest BCUT2D eigenvalue weighted by molar-refractivity contribution is 7.45. The predicted molar refractivity (Wildman–Crippen MR) is 170 cm³/mol. The number of phosphoric ester groups is 1. The first-order valence-corrected chi connectivity index (χ1v) is 17.8. The van der Waals surface area contributed by atoms with Gasteiger partial charge in [-0.2, -0.15) is 0 Å². The van der Waals surface area contributed by atoms with Gasteiger partial charge < -0.3 is 32.4 Å². The molecule has 0 bridgehead atoms. The van der Waals surface area contributed by atoms with Gasteiger partial charge >= 0.3 is 0 Å². The van der Waals surface area contributed by atoms with Gasteiger partial charge in [0.2, 0.25) is 0 Å². The van der Waals surface area contributed by atoms with E-state index < -0.39 is 13.9 Å². The van der Waals surface area contributed by atoms with Gasteiger partial charge in [-0.25, -0.2) is 0 Å². The summed E-state index contributed by atoms with van der Waals surface area (Å²) in [6, 6.07) is 11.2. The van der Waals surface area contributed by atoms with Crippen molar-refractivity contribution in [3.8, 4) is 17.2 Å². The molecule has 10 heteroatoms. The molecule has 1 aromatic heterocycles. The van der Waals surface area contributed by atoms with Crippen molar-refractivity contribution in [2.45, 2.75) is 103 Å². The van der Waals surface area contributed by atoms with E-state index in [0.29, 0.717) is 23.4 Å². The van der Waals surface area contributed by atoms with Crippen molar-refractivity contribution in [3.05, 3.63) is 36.4 Å². The maximum atomic E-state index is 12.3. The van der Waals surface area contributed by atoms with Crippen LogP contribution in [0.5, 0.6) is 5.88 Å². The molecule has 0 fully saturated rings. The molecule has 0 aliphatic rings. The van der Waals surface area contributed by atoms with E-state index in [1.165, 1.54) is 77.0 Å². The normalized spacial score (nSPS) is 14.1. The lowest BCUT2D eigenvalue weighted by molar-refractivity contribution is -0.870. The lowest BCUT2D eigenvalue weighted by Crippen LogP contribution is -2.37. The number of hydrogen-bond acceptors (Lipinski definition) is 8. The molecule has 0 radical (unpaired) electrons. The summed E-state index contributed by atoms with van der Waals surface area (Å²) in [7, 11) is 1.38. The maximum Gasteiger partial charge on any atom is 0.268 e. The van der Waals surface area contributed by atoms with Crippen LogP contribution in [-0.2, 0) is 18.3 Å². The first-order chi connectivity index (χ1) is 20.7. The van der Waals surface area contributed by atoms with E-state index in [-0.39, 0.29) is 25.7 Å². The van der Waals surface area contributed by atoms with Crippen molar-refractivity contribution in [3.63, 3.8) is 0 Å². The summed E-state index contributed by atoms with van der Waals surface area (Å²) in [5, 5.41) is 3.99. The molecule has 0 saturated heterocycles. The minimum absolute atomic E-state index is 0.0369. The number of unbranched alkanes of at least 4 members (excludes halogenated alkanes) is 13. The molecule has 0 aliphatic carbocycles. The Hall–Kier alpha value is -1.74. The minimum Gasteiger partial charge on any atom is -0.756 e. The van der Waals surface area contributed by atoms with Gasteiger partial charge in [-0.3, -0.25) is 4.57 Å². The van der Waals surface area contributed by atoms with E-state index in [1.807, 2.05) is 51.5 Å². The van der Waals surface area contributed by atoms with Crippen molar-refractivity contribution in [2.75, 3.05) is 54.1 Å². The summed E-state index contributed by atoms with van der Waals surface area (Å²) in [4.78, 5) is 12.3. The van der Waals surface area contributed by atoms with Crippen molar-refractivity contribution < 1.29 is 37.0 Å². The number of quaternary nitrogens is 1. The summed E-state index contributed by atoms with van der Waals surface area (Å²) in [6.07, 6.45) is 17.5. The number of ether oxygens (including phenoxy) is 2. The van der Waals surface area contributed by atoms with Crippen LogP contribution in [0.4, 0.5) is 0 Å². The Labute approximate surface area is 260 Å². The molecule has 0 amide bonds. The Morgan fingerprint density at radius 3 is 1.98 bits per heavy atom. The van der Waals surface area contributed by atoms with E-state index >= 15 is 0 Å². The number of rotatable bonds is 27. The lowest BCUT2D eigenvalue weighted by Gasteiger charge is -2.28. The maximum absolute atomic E-state index is 12.3. The number of nitrogens with zero attached hydrogens (tertiary/aromatic N) is 2. The van der Waals surface area contributed by atoms with Crippen LogP contribution in [-0.4, -0.2) is 69.9 Å². The summed E-state index contributed by atoms with van der Waals surface area (Å²) in [5.41, 5.74) is 0.862. The third kappa shape index (κ3) is 19.3. The monoisotopic (exact) mass is 624 g/mol. The molecule has 43 heavy (non-hydrogen) atoms. The van der Waals surface area contributed by atoms with Gasteiger partial charge in [0, 0.05) is 18.2 Å². The number of benzene rings is 1. The van der Waals surface area contributed by atoms with E-state index in [4.69, 9.17) is 23.0 Å². The third-order valence-corrected chi connectivity index (χ3v) is 8.17. The number of likely N-dealkylation sites (N-methyl/N-ethyl adjacent to an activating group) is 1. The first-order valence-electron chi connectivity index (χ1n) is 16.4. The van der Waals surface area contributed by atoms with Crippen molar-refractivity contribution in [1.29, 1.82) is 0 Å². The fraction of sp³-hybridized carbons (Fsp3) is 0.727. The summed E-state index contributed by atoms with van der Waals surface area (Å²) >= 11 is 0. The molecule has 1 heterocycles. The van der Waals surface area contributed by atoms with Gasteiger partial charge in [-0.1, -0.05) is 121 Å². The minimum atomic E-state index is -4.50. The Morgan fingerprint density at radius 2 is 1.40 bits per heavy atom. The Balaban J connectivity index is 1.68. The molecule has 1 aromatic carbocycles. The highest BCUT2D eigenvalue weighted by atomic mass is 31.2. The fourth-order valence-corrected chi connectivity index (χ4v) is 5.32. The van der Waals surface area contributed by atoms with Gasteiger partial charge in [0.15, 0.2) is 5.76 Å². The van der Waals surface area contributed by atoms with Gasteiger partial charge in [0.1, 0.15) is 19.3 Å². The predicted octanol–water partition coefficient (Wildman–Crippen LogP) is 7.79. The molecule has 9 nitrogen and oxygen atoms in total. The fourth-order valence-electron chi connectivity index (χ4n) is 4.59. The standard InChI is InChI=1S/C33H57N2O7P/c1-5-6-7-8-9-10-11-12-13-14-15-16-17-21-25-38-28-31(29-40-43(36,37)39-26-24-35(2,3)4)41-33-27-32(42-34-33)30-22-19-18-20-23-30/h18-20,22-23,27,31H,5-17,21,24-26,28-29H2,1-4H3. The van der Waals surface area contributed by atoms with Gasteiger partial charge in [-0.05, 0) is 11.6 Å². The van der Waals surface area contributed by atoms with Crippen LogP contribution in [0.15, 0.2) is 40.9 Å². The Kier molecular flexibility index (Phi) is 19.1. The van der Waals surface area contributed by atoms with Crippen molar-refractivity contribution >= 4 is 7.82 Å². The second kappa shape index (κ2) is 21.9. The van der Waals surface area contributed by atoms with Crippen LogP contribution in [0, 0.1) is 0 Å². The highest BCUT2D eigenvalue weighted by Gasteiger charge is 2.20. The van der Waals surface area contributed by atoms with E-state index in [9.17, 15) is 9.46 Å². The Bertz CT molecular complexity index is 997. The van der Waals surface area contributed by atoms with Crippen LogP contribution in [0.1, 0.15) is 96.8 Å². The molecule has 2 atom stereocenters. The first kappa shape index (κ1) is 37.4. The molecule has 0 saturated carbocycles. The molecule has 0 aliphatic heterocycles.